The lowest BCUT2D eigenvalue weighted by molar-refractivity contribution is -0.133. The average Bonchev–Trinajstić information content (AvgIpc) is 3.01. The number of carbonyl (C=O) groups excluding carboxylic acids is 2. The summed E-state index contributed by atoms with van der Waals surface area (Å²) >= 11 is 1.59. The first-order chi connectivity index (χ1) is 11.6. The molecule has 0 aromatic carbocycles. The minimum absolute atomic E-state index is 0.0430. The van der Waals surface area contributed by atoms with Crippen LogP contribution in [0.5, 0.6) is 0 Å². The Balaban J connectivity index is 1.42. The maximum Gasteiger partial charge on any atom is 0.321 e. The van der Waals surface area contributed by atoms with E-state index in [-0.39, 0.29) is 11.9 Å². The van der Waals surface area contributed by atoms with Crippen molar-refractivity contribution in [1.82, 2.24) is 14.7 Å². The number of urea groups is 1. The first-order valence-corrected chi connectivity index (χ1v) is 9.66. The molecular weight excluding hydrogens is 324 g/mol. The van der Waals surface area contributed by atoms with Crippen molar-refractivity contribution >= 4 is 29.0 Å². The molecule has 3 amide bonds. The molecule has 3 heterocycles. The van der Waals surface area contributed by atoms with Gasteiger partial charge >= 0.3 is 6.03 Å². The van der Waals surface area contributed by atoms with Crippen LogP contribution in [0.3, 0.4) is 0 Å². The van der Waals surface area contributed by atoms with Gasteiger partial charge in [-0.05, 0) is 37.1 Å². The molecule has 0 unspecified atom stereocenters. The van der Waals surface area contributed by atoms with Crippen molar-refractivity contribution in [2.24, 2.45) is 0 Å². The first kappa shape index (κ1) is 17.2. The van der Waals surface area contributed by atoms with Crippen LogP contribution < -0.4 is 5.32 Å². The van der Waals surface area contributed by atoms with E-state index in [0.29, 0.717) is 19.6 Å². The highest BCUT2D eigenvalue weighted by Crippen LogP contribution is 2.20. The topological polar surface area (TPSA) is 55.9 Å². The van der Waals surface area contributed by atoms with Crippen molar-refractivity contribution in [3.05, 3.63) is 16.3 Å². The van der Waals surface area contributed by atoms with Crippen molar-refractivity contribution in [2.45, 2.75) is 26.2 Å². The van der Waals surface area contributed by atoms with Gasteiger partial charge in [0.05, 0.1) is 12.2 Å². The molecule has 24 heavy (non-hydrogen) atoms. The van der Waals surface area contributed by atoms with Crippen LogP contribution in [0, 0.1) is 6.92 Å². The quantitative estimate of drug-likeness (QED) is 0.909. The van der Waals surface area contributed by atoms with Crippen molar-refractivity contribution in [2.75, 3.05) is 51.1 Å². The van der Waals surface area contributed by atoms with Crippen LogP contribution in [-0.4, -0.2) is 72.5 Å². The van der Waals surface area contributed by atoms with E-state index in [1.54, 1.807) is 11.3 Å². The lowest BCUT2D eigenvalue weighted by atomic mass is 10.1. The van der Waals surface area contributed by atoms with Gasteiger partial charge < -0.3 is 15.1 Å². The maximum atomic E-state index is 12.3. The minimum atomic E-state index is -0.0430. The number of piperidine rings is 1. The number of piperazine rings is 1. The summed E-state index contributed by atoms with van der Waals surface area (Å²) in [6.45, 7) is 7.15. The highest BCUT2D eigenvalue weighted by Gasteiger charge is 2.25. The number of anilines is 1. The van der Waals surface area contributed by atoms with E-state index < -0.39 is 0 Å². The summed E-state index contributed by atoms with van der Waals surface area (Å²) in [6.07, 6.45) is 3.49. The van der Waals surface area contributed by atoms with Crippen molar-refractivity contribution in [3.63, 3.8) is 0 Å². The number of hydrogen-bond donors (Lipinski definition) is 1. The summed E-state index contributed by atoms with van der Waals surface area (Å²) in [7, 11) is 0. The van der Waals surface area contributed by atoms with Crippen molar-refractivity contribution in [3.8, 4) is 0 Å². The van der Waals surface area contributed by atoms with E-state index in [9.17, 15) is 9.59 Å². The van der Waals surface area contributed by atoms with Gasteiger partial charge in [0.25, 0.3) is 0 Å². The average molecular weight is 350 g/mol. The number of likely N-dealkylation sites (tertiary alicyclic amines) is 1. The number of carbonyl (C=O) groups is 2. The molecule has 2 aliphatic heterocycles. The predicted octanol–water partition coefficient (Wildman–Crippen LogP) is 2.22. The van der Waals surface area contributed by atoms with Crippen LogP contribution in [0.4, 0.5) is 10.5 Å². The molecule has 0 radical (unpaired) electrons. The molecule has 2 aliphatic rings. The molecule has 7 heteroatoms. The summed E-state index contributed by atoms with van der Waals surface area (Å²) in [5.41, 5.74) is 1.99. The zero-order chi connectivity index (χ0) is 16.9. The molecule has 1 aromatic heterocycles. The Hall–Kier alpha value is -1.60. The van der Waals surface area contributed by atoms with Crippen LogP contribution >= 0.6 is 11.3 Å². The second-order valence-corrected chi connectivity index (χ2v) is 7.35. The molecule has 0 spiro atoms. The highest BCUT2D eigenvalue weighted by atomic mass is 32.1. The third kappa shape index (κ3) is 4.27. The third-order valence-electron chi connectivity index (χ3n) is 4.82. The number of rotatable bonds is 3. The predicted molar refractivity (Wildman–Crippen MR) is 96.5 cm³/mol. The van der Waals surface area contributed by atoms with Gasteiger partial charge in [0.15, 0.2) is 0 Å². The van der Waals surface area contributed by atoms with Gasteiger partial charge in [0, 0.05) is 44.6 Å². The standard InChI is InChI=1S/C17H26N4O2S/c1-14-12-24-13-15(14)18-17(23)21-9-7-19(8-10-21)11-16(22)20-5-3-2-4-6-20/h12-13H,2-11H2,1H3,(H,18,23). The Bertz CT molecular complexity index is 575. The molecule has 0 aliphatic carbocycles. The number of amides is 3. The molecule has 0 saturated carbocycles. The molecule has 132 valence electrons. The number of thiophene rings is 1. The fourth-order valence-corrected chi connectivity index (χ4v) is 4.01. The molecule has 1 N–H and O–H groups in total. The molecule has 1 aromatic rings. The van der Waals surface area contributed by atoms with Crippen LogP contribution in [0.2, 0.25) is 0 Å². The van der Waals surface area contributed by atoms with Gasteiger partial charge in [0.2, 0.25) is 5.91 Å². The Morgan fingerprint density at radius 1 is 1.00 bits per heavy atom. The summed E-state index contributed by atoms with van der Waals surface area (Å²) in [5.74, 6) is 0.237. The van der Waals surface area contributed by atoms with E-state index in [4.69, 9.17) is 0 Å². The fraction of sp³-hybridized carbons (Fsp3) is 0.647. The van der Waals surface area contributed by atoms with E-state index in [0.717, 1.165) is 50.3 Å². The number of nitrogens with zero attached hydrogens (tertiary/aromatic N) is 3. The fourth-order valence-electron chi connectivity index (χ4n) is 3.23. The Morgan fingerprint density at radius 3 is 2.33 bits per heavy atom. The summed E-state index contributed by atoms with van der Waals surface area (Å²) < 4.78 is 0. The maximum absolute atomic E-state index is 12.3. The van der Waals surface area contributed by atoms with Gasteiger partial charge in [-0.3, -0.25) is 9.69 Å². The molecule has 0 atom stereocenters. The van der Waals surface area contributed by atoms with Gasteiger partial charge in [-0.1, -0.05) is 0 Å². The molecule has 3 rings (SSSR count). The second kappa shape index (κ2) is 7.98. The summed E-state index contributed by atoms with van der Waals surface area (Å²) in [5, 5.41) is 6.96. The first-order valence-electron chi connectivity index (χ1n) is 8.72. The minimum Gasteiger partial charge on any atom is -0.342 e. The zero-order valence-electron chi connectivity index (χ0n) is 14.3. The molecule has 2 fully saturated rings. The smallest absolute Gasteiger partial charge is 0.321 e. The SMILES string of the molecule is Cc1cscc1NC(=O)N1CCN(CC(=O)N2CCCCC2)CC1. The van der Waals surface area contributed by atoms with E-state index in [1.165, 1.54) is 6.42 Å². The Kier molecular flexibility index (Phi) is 5.73. The lowest BCUT2D eigenvalue weighted by Crippen LogP contribution is -2.52. The summed E-state index contributed by atoms with van der Waals surface area (Å²) in [4.78, 5) is 30.6. The Morgan fingerprint density at radius 2 is 1.71 bits per heavy atom. The molecule has 6 nitrogen and oxygen atoms in total. The van der Waals surface area contributed by atoms with Crippen LogP contribution in [-0.2, 0) is 4.79 Å². The third-order valence-corrected chi connectivity index (χ3v) is 5.69. The number of hydrogen-bond acceptors (Lipinski definition) is 4. The van der Waals surface area contributed by atoms with Crippen LogP contribution in [0.15, 0.2) is 10.8 Å². The highest BCUT2D eigenvalue weighted by molar-refractivity contribution is 7.08. The zero-order valence-corrected chi connectivity index (χ0v) is 15.1. The molecule has 0 bridgehead atoms. The van der Waals surface area contributed by atoms with E-state index >= 15 is 0 Å². The molecular formula is C17H26N4O2S. The summed E-state index contributed by atoms with van der Waals surface area (Å²) in [6, 6.07) is -0.0430. The monoisotopic (exact) mass is 350 g/mol. The van der Waals surface area contributed by atoms with E-state index in [2.05, 4.69) is 10.2 Å². The van der Waals surface area contributed by atoms with Gasteiger partial charge in [-0.15, -0.1) is 11.3 Å². The van der Waals surface area contributed by atoms with Crippen LogP contribution in [0.1, 0.15) is 24.8 Å². The largest absolute Gasteiger partial charge is 0.342 e. The van der Waals surface area contributed by atoms with Crippen molar-refractivity contribution in [1.29, 1.82) is 0 Å². The molecule has 2 saturated heterocycles. The van der Waals surface area contributed by atoms with Crippen molar-refractivity contribution < 1.29 is 9.59 Å². The number of nitrogens with one attached hydrogen (secondary N) is 1. The van der Waals surface area contributed by atoms with E-state index in [1.807, 2.05) is 27.5 Å². The van der Waals surface area contributed by atoms with Gasteiger partial charge in [0.1, 0.15) is 0 Å². The Labute approximate surface area is 147 Å². The normalized spacial score (nSPS) is 19.4. The lowest BCUT2D eigenvalue weighted by Gasteiger charge is -2.36. The second-order valence-electron chi connectivity index (χ2n) is 6.60. The van der Waals surface area contributed by atoms with Gasteiger partial charge in [-0.25, -0.2) is 4.79 Å². The van der Waals surface area contributed by atoms with Crippen LogP contribution in [0.25, 0.3) is 0 Å². The van der Waals surface area contributed by atoms with Gasteiger partial charge in [-0.2, -0.15) is 0 Å². The number of aryl methyl sites for hydroxylation is 1.